The third kappa shape index (κ3) is 3.67. The molecule has 3 aliphatic rings. The largest absolute Gasteiger partial charge is 0.379 e. The van der Waals surface area contributed by atoms with E-state index in [0.29, 0.717) is 29.5 Å². The minimum atomic E-state index is -2.79. The summed E-state index contributed by atoms with van der Waals surface area (Å²) in [5.74, 6) is 1.28. The molecule has 1 saturated carbocycles. The molecule has 0 radical (unpaired) electrons. The fourth-order valence-electron chi connectivity index (χ4n) is 4.40. The molecule has 0 atom stereocenters. The van der Waals surface area contributed by atoms with Crippen LogP contribution in [0.5, 0.6) is 0 Å². The molecule has 2 aromatic heterocycles. The summed E-state index contributed by atoms with van der Waals surface area (Å²) in [5.41, 5.74) is 2.96. The van der Waals surface area contributed by atoms with Crippen LogP contribution in [0, 0.1) is 0 Å². The Hall–Kier alpha value is -1.74. The summed E-state index contributed by atoms with van der Waals surface area (Å²) in [7, 11) is -2.79. The van der Waals surface area contributed by atoms with Crippen LogP contribution in [0.1, 0.15) is 50.1 Å². The molecule has 0 aromatic carbocycles. The van der Waals surface area contributed by atoms with E-state index in [4.69, 9.17) is 0 Å². The number of hydrogen-bond acceptors (Lipinski definition) is 7. The average molecular weight is 391 g/mol. The second-order valence-corrected chi connectivity index (χ2v) is 10.5. The van der Waals surface area contributed by atoms with Gasteiger partial charge in [-0.2, -0.15) is 9.61 Å². The Labute approximate surface area is 159 Å². The predicted molar refractivity (Wildman–Crippen MR) is 103 cm³/mol. The normalized spacial score (nSPS) is 25.0. The van der Waals surface area contributed by atoms with Gasteiger partial charge >= 0.3 is 0 Å². The van der Waals surface area contributed by atoms with Crippen LogP contribution in [0.15, 0.2) is 12.4 Å². The molecule has 0 unspecified atom stereocenters. The first-order chi connectivity index (χ1) is 13.1. The Morgan fingerprint density at radius 3 is 2.48 bits per heavy atom. The van der Waals surface area contributed by atoms with Crippen LogP contribution in [0.4, 0.5) is 5.69 Å². The molecule has 4 heterocycles. The molecule has 1 aliphatic carbocycles. The van der Waals surface area contributed by atoms with Crippen molar-refractivity contribution in [3.63, 3.8) is 0 Å². The molecular weight excluding hydrogens is 364 g/mol. The summed E-state index contributed by atoms with van der Waals surface area (Å²) < 4.78 is 25.1. The minimum Gasteiger partial charge on any atom is -0.379 e. The van der Waals surface area contributed by atoms with Gasteiger partial charge in [-0.15, -0.1) is 10.2 Å². The molecule has 2 aromatic rings. The number of nitrogens with zero attached hydrogens (tertiary/aromatic N) is 5. The standard InChI is InChI=1S/C18H26N6O2S/c25-27(26)9-5-15(6-10-27)23-7-3-14(4-8-23)20-17-11-16(13-1-2-13)22-24-12-19-21-18(17)24/h11-15,20H,1-10H2. The highest BCUT2D eigenvalue weighted by molar-refractivity contribution is 7.91. The van der Waals surface area contributed by atoms with E-state index in [1.54, 1.807) is 10.8 Å². The van der Waals surface area contributed by atoms with Crippen molar-refractivity contribution in [2.24, 2.45) is 0 Å². The van der Waals surface area contributed by atoms with Crippen molar-refractivity contribution in [2.75, 3.05) is 29.9 Å². The molecule has 3 fully saturated rings. The van der Waals surface area contributed by atoms with E-state index in [1.807, 2.05) is 0 Å². The van der Waals surface area contributed by atoms with Crippen molar-refractivity contribution < 1.29 is 8.42 Å². The lowest BCUT2D eigenvalue weighted by Crippen LogP contribution is -2.47. The maximum atomic E-state index is 11.7. The topological polar surface area (TPSA) is 92.5 Å². The molecule has 27 heavy (non-hydrogen) atoms. The lowest BCUT2D eigenvalue weighted by atomic mass is 10.0. The van der Waals surface area contributed by atoms with E-state index in [9.17, 15) is 8.42 Å². The van der Waals surface area contributed by atoms with Crippen LogP contribution < -0.4 is 5.32 Å². The van der Waals surface area contributed by atoms with Gasteiger partial charge in [0.05, 0.1) is 22.9 Å². The maximum Gasteiger partial charge on any atom is 0.200 e. The van der Waals surface area contributed by atoms with Gasteiger partial charge in [0.1, 0.15) is 16.2 Å². The second kappa shape index (κ2) is 6.70. The Balaban J connectivity index is 1.23. The first-order valence-electron chi connectivity index (χ1n) is 9.99. The molecule has 5 rings (SSSR count). The SMILES string of the molecule is O=S1(=O)CCC(N2CCC(Nc3cc(C4CC4)nn4cnnc34)CC2)CC1. The maximum absolute atomic E-state index is 11.7. The summed E-state index contributed by atoms with van der Waals surface area (Å²) in [5, 5.41) is 16.6. The highest BCUT2D eigenvalue weighted by atomic mass is 32.2. The molecular formula is C18H26N6O2S. The molecule has 2 saturated heterocycles. The fourth-order valence-corrected chi connectivity index (χ4v) is 5.87. The first kappa shape index (κ1) is 17.4. The van der Waals surface area contributed by atoms with E-state index < -0.39 is 9.84 Å². The molecule has 0 bridgehead atoms. The molecule has 0 amide bonds. The molecule has 2 aliphatic heterocycles. The van der Waals surface area contributed by atoms with Gasteiger partial charge in [-0.25, -0.2) is 8.42 Å². The van der Waals surface area contributed by atoms with Gasteiger partial charge in [0.2, 0.25) is 5.65 Å². The van der Waals surface area contributed by atoms with Crippen molar-refractivity contribution in [1.82, 2.24) is 24.7 Å². The number of piperidine rings is 1. The summed E-state index contributed by atoms with van der Waals surface area (Å²) in [6.07, 6.45) is 7.80. The first-order valence-corrected chi connectivity index (χ1v) is 11.8. The number of anilines is 1. The van der Waals surface area contributed by atoms with E-state index in [0.717, 1.165) is 55.8 Å². The lowest BCUT2D eigenvalue weighted by molar-refractivity contribution is 0.147. The van der Waals surface area contributed by atoms with Crippen LogP contribution in [0.2, 0.25) is 0 Å². The summed E-state index contributed by atoms with van der Waals surface area (Å²) >= 11 is 0. The van der Waals surface area contributed by atoms with Crippen molar-refractivity contribution >= 4 is 21.2 Å². The van der Waals surface area contributed by atoms with Crippen LogP contribution in [-0.4, -0.2) is 69.8 Å². The van der Waals surface area contributed by atoms with E-state index in [2.05, 4.69) is 31.6 Å². The summed E-state index contributed by atoms with van der Waals surface area (Å²) in [6, 6.07) is 2.99. The van der Waals surface area contributed by atoms with Crippen LogP contribution in [-0.2, 0) is 9.84 Å². The van der Waals surface area contributed by atoms with E-state index >= 15 is 0 Å². The Bertz CT molecular complexity index is 916. The van der Waals surface area contributed by atoms with Gasteiger partial charge in [-0.05, 0) is 44.6 Å². The van der Waals surface area contributed by atoms with E-state index in [1.165, 1.54) is 12.8 Å². The number of fused-ring (bicyclic) bond motifs is 1. The van der Waals surface area contributed by atoms with Crippen molar-refractivity contribution in [3.8, 4) is 0 Å². The summed E-state index contributed by atoms with van der Waals surface area (Å²) in [4.78, 5) is 2.49. The molecule has 0 spiro atoms. The molecule has 8 nitrogen and oxygen atoms in total. The van der Waals surface area contributed by atoms with Gasteiger partial charge in [-0.1, -0.05) is 0 Å². The highest BCUT2D eigenvalue weighted by Crippen LogP contribution is 2.40. The van der Waals surface area contributed by atoms with E-state index in [-0.39, 0.29) is 0 Å². The Morgan fingerprint density at radius 1 is 1.04 bits per heavy atom. The number of hydrogen-bond donors (Lipinski definition) is 1. The Kier molecular flexibility index (Phi) is 4.31. The summed E-state index contributed by atoms with van der Waals surface area (Å²) in [6.45, 7) is 2.04. The van der Waals surface area contributed by atoms with Crippen molar-refractivity contribution in [2.45, 2.75) is 56.5 Å². The molecule has 9 heteroatoms. The zero-order chi connectivity index (χ0) is 18.4. The van der Waals surface area contributed by atoms with Gasteiger partial charge in [0.25, 0.3) is 0 Å². The van der Waals surface area contributed by atoms with Gasteiger partial charge in [0, 0.05) is 31.1 Å². The van der Waals surface area contributed by atoms with Crippen molar-refractivity contribution in [1.29, 1.82) is 0 Å². The highest BCUT2D eigenvalue weighted by Gasteiger charge is 2.31. The predicted octanol–water partition coefficient (Wildman–Crippen LogP) is 1.46. The third-order valence-corrected chi connectivity index (χ3v) is 7.93. The van der Waals surface area contributed by atoms with Crippen molar-refractivity contribution in [3.05, 3.63) is 18.1 Å². The zero-order valence-corrected chi connectivity index (χ0v) is 16.2. The second-order valence-electron chi connectivity index (χ2n) is 8.19. The molecule has 1 N–H and O–H groups in total. The number of nitrogens with one attached hydrogen (secondary N) is 1. The van der Waals surface area contributed by atoms with Gasteiger partial charge < -0.3 is 10.2 Å². The van der Waals surface area contributed by atoms with Crippen LogP contribution in [0.25, 0.3) is 5.65 Å². The fraction of sp³-hybridized carbons (Fsp3) is 0.722. The monoisotopic (exact) mass is 390 g/mol. The lowest BCUT2D eigenvalue weighted by Gasteiger charge is -2.39. The van der Waals surface area contributed by atoms with Gasteiger partial charge in [-0.3, -0.25) is 0 Å². The smallest absolute Gasteiger partial charge is 0.200 e. The minimum absolute atomic E-state index is 0.349. The number of sulfone groups is 1. The van der Waals surface area contributed by atoms with Gasteiger partial charge in [0.15, 0.2) is 0 Å². The van der Waals surface area contributed by atoms with Crippen LogP contribution >= 0.6 is 0 Å². The number of likely N-dealkylation sites (tertiary alicyclic amines) is 1. The quantitative estimate of drug-likeness (QED) is 0.845. The Morgan fingerprint density at radius 2 is 1.78 bits per heavy atom. The van der Waals surface area contributed by atoms with Crippen LogP contribution in [0.3, 0.4) is 0 Å². The molecule has 146 valence electrons. The number of aromatic nitrogens is 4. The third-order valence-electron chi connectivity index (χ3n) is 6.21. The average Bonchev–Trinajstić information content (AvgIpc) is 3.40. The zero-order valence-electron chi connectivity index (χ0n) is 15.4. The number of rotatable bonds is 4.